The van der Waals surface area contributed by atoms with E-state index in [2.05, 4.69) is 20.4 Å². The maximum Gasteiger partial charge on any atom is 0.294 e. The second kappa shape index (κ2) is 6.89. The number of aromatic nitrogens is 4. The summed E-state index contributed by atoms with van der Waals surface area (Å²) < 4.78 is 12.4. The fourth-order valence-corrected chi connectivity index (χ4v) is 2.27. The van der Waals surface area contributed by atoms with Gasteiger partial charge in [-0.05, 0) is 36.4 Å². The molecule has 0 fully saturated rings. The van der Waals surface area contributed by atoms with Gasteiger partial charge in [-0.25, -0.2) is 9.97 Å². The molecular formula is C18H13N5O3. The maximum absolute atomic E-state index is 11.9. The van der Waals surface area contributed by atoms with E-state index in [-0.39, 0.29) is 11.7 Å². The van der Waals surface area contributed by atoms with Crippen molar-refractivity contribution in [3.8, 4) is 17.4 Å². The lowest BCUT2D eigenvalue weighted by Gasteiger charge is -2.08. The van der Waals surface area contributed by atoms with Crippen LogP contribution in [0.3, 0.4) is 0 Å². The van der Waals surface area contributed by atoms with Crippen LogP contribution in [0.5, 0.6) is 11.6 Å². The zero-order valence-electron chi connectivity index (χ0n) is 13.4. The molecule has 1 amide bonds. The number of benzene rings is 1. The van der Waals surface area contributed by atoms with E-state index >= 15 is 0 Å². The average molecular weight is 347 g/mol. The third kappa shape index (κ3) is 3.44. The SMILES string of the molecule is O=C(Nc1ccc(Oc2cc(-n3cccc3)ncn2)cc1)c1ccno1. The van der Waals surface area contributed by atoms with Crippen LogP contribution in [0.2, 0.25) is 0 Å². The second-order valence-corrected chi connectivity index (χ2v) is 5.26. The van der Waals surface area contributed by atoms with Crippen molar-refractivity contribution in [3.63, 3.8) is 0 Å². The number of amides is 1. The number of carbonyl (C=O) groups excluding carboxylic acids is 1. The molecule has 26 heavy (non-hydrogen) atoms. The van der Waals surface area contributed by atoms with E-state index in [1.807, 2.05) is 29.1 Å². The molecule has 4 aromatic rings. The van der Waals surface area contributed by atoms with Crippen molar-refractivity contribution in [2.24, 2.45) is 0 Å². The van der Waals surface area contributed by atoms with E-state index < -0.39 is 0 Å². The van der Waals surface area contributed by atoms with Crippen LogP contribution in [0, 0.1) is 0 Å². The Balaban J connectivity index is 1.44. The molecule has 128 valence electrons. The first-order valence-corrected chi connectivity index (χ1v) is 7.73. The van der Waals surface area contributed by atoms with E-state index in [4.69, 9.17) is 9.26 Å². The fraction of sp³-hybridized carbons (Fsp3) is 0. The van der Waals surface area contributed by atoms with Crippen molar-refractivity contribution >= 4 is 11.6 Å². The number of hydrogen-bond acceptors (Lipinski definition) is 6. The molecule has 0 spiro atoms. The van der Waals surface area contributed by atoms with Gasteiger partial charge in [0.05, 0.1) is 6.20 Å². The summed E-state index contributed by atoms with van der Waals surface area (Å²) >= 11 is 0. The Labute approximate surface area is 148 Å². The van der Waals surface area contributed by atoms with E-state index in [1.54, 1.807) is 30.3 Å². The molecule has 8 nitrogen and oxygen atoms in total. The summed E-state index contributed by atoms with van der Waals surface area (Å²) in [5.74, 6) is 1.48. The predicted molar refractivity (Wildman–Crippen MR) is 92.3 cm³/mol. The summed E-state index contributed by atoms with van der Waals surface area (Å²) in [7, 11) is 0. The molecule has 0 bridgehead atoms. The molecule has 3 aromatic heterocycles. The van der Waals surface area contributed by atoms with Crippen LogP contribution in [0.25, 0.3) is 5.82 Å². The number of nitrogens with zero attached hydrogens (tertiary/aromatic N) is 4. The Bertz CT molecular complexity index is 996. The van der Waals surface area contributed by atoms with Crippen LogP contribution in [0.1, 0.15) is 10.6 Å². The second-order valence-electron chi connectivity index (χ2n) is 5.26. The van der Waals surface area contributed by atoms with Gasteiger partial charge in [0, 0.05) is 30.2 Å². The number of rotatable bonds is 5. The molecule has 3 heterocycles. The summed E-state index contributed by atoms with van der Waals surface area (Å²) in [6, 6.07) is 13.9. The summed E-state index contributed by atoms with van der Waals surface area (Å²) in [5, 5.41) is 6.21. The third-order valence-corrected chi connectivity index (χ3v) is 3.49. The van der Waals surface area contributed by atoms with E-state index in [0.717, 1.165) is 0 Å². The van der Waals surface area contributed by atoms with Crippen molar-refractivity contribution in [2.75, 3.05) is 5.32 Å². The van der Waals surface area contributed by atoms with E-state index in [1.165, 1.54) is 18.6 Å². The molecule has 0 unspecified atom stereocenters. The summed E-state index contributed by atoms with van der Waals surface area (Å²) in [6.07, 6.45) is 6.63. The van der Waals surface area contributed by atoms with Crippen LogP contribution in [0.15, 0.2) is 78.0 Å². The lowest BCUT2D eigenvalue weighted by atomic mass is 10.3. The first-order valence-electron chi connectivity index (χ1n) is 7.73. The van der Waals surface area contributed by atoms with E-state index in [9.17, 15) is 4.79 Å². The van der Waals surface area contributed by atoms with Crippen LogP contribution < -0.4 is 10.1 Å². The highest BCUT2D eigenvalue weighted by molar-refractivity contribution is 6.02. The molecule has 0 radical (unpaired) electrons. The first kappa shape index (κ1) is 15.6. The van der Waals surface area contributed by atoms with Crippen molar-refractivity contribution in [1.82, 2.24) is 19.7 Å². The summed E-state index contributed by atoms with van der Waals surface area (Å²) in [6.45, 7) is 0. The molecule has 0 saturated heterocycles. The van der Waals surface area contributed by atoms with Gasteiger partial charge in [0.25, 0.3) is 5.91 Å². The molecule has 0 atom stereocenters. The molecule has 0 aliphatic carbocycles. The van der Waals surface area contributed by atoms with Gasteiger partial charge in [-0.3, -0.25) is 4.79 Å². The molecule has 0 aliphatic rings. The lowest BCUT2D eigenvalue weighted by Crippen LogP contribution is -2.10. The first-order chi connectivity index (χ1) is 12.8. The monoisotopic (exact) mass is 347 g/mol. The van der Waals surface area contributed by atoms with Crippen molar-refractivity contribution in [1.29, 1.82) is 0 Å². The maximum atomic E-state index is 11.9. The zero-order valence-corrected chi connectivity index (χ0v) is 13.4. The largest absolute Gasteiger partial charge is 0.439 e. The highest BCUT2D eigenvalue weighted by Gasteiger charge is 2.10. The molecule has 0 aliphatic heterocycles. The Morgan fingerprint density at radius 3 is 2.62 bits per heavy atom. The molecule has 1 aromatic carbocycles. The van der Waals surface area contributed by atoms with Gasteiger partial charge in [-0.2, -0.15) is 0 Å². The van der Waals surface area contributed by atoms with Crippen molar-refractivity contribution < 1.29 is 14.1 Å². The van der Waals surface area contributed by atoms with Crippen LogP contribution in [-0.2, 0) is 0 Å². The molecular weight excluding hydrogens is 334 g/mol. The third-order valence-electron chi connectivity index (χ3n) is 3.49. The normalized spacial score (nSPS) is 10.5. The Morgan fingerprint density at radius 1 is 1.08 bits per heavy atom. The van der Waals surface area contributed by atoms with Gasteiger partial charge < -0.3 is 19.1 Å². The van der Waals surface area contributed by atoms with Gasteiger partial charge >= 0.3 is 0 Å². The topological polar surface area (TPSA) is 95.1 Å². The minimum Gasteiger partial charge on any atom is -0.439 e. The van der Waals surface area contributed by atoms with Crippen LogP contribution in [-0.4, -0.2) is 25.6 Å². The standard InChI is InChI=1S/C18H13N5O3/c24-18(15-7-8-21-26-15)22-13-3-5-14(6-4-13)25-17-11-16(19-12-20-17)23-9-1-2-10-23/h1-12H,(H,22,24). The number of hydrogen-bond donors (Lipinski definition) is 1. The minimum atomic E-state index is -0.372. The fourth-order valence-electron chi connectivity index (χ4n) is 2.27. The quantitative estimate of drug-likeness (QED) is 0.595. The van der Waals surface area contributed by atoms with Crippen molar-refractivity contribution in [2.45, 2.75) is 0 Å². The Kier molecular flexibility index (Phi) is 4.13. The van der Waals surface area contributed by atoms with Gasteiger partial charge in [0.15, 0.2) is 0 Å². The number of anilines is 1. The van der Waals surface area contributed by atoms with Gasteiger partial charge in [-0.15, -0.1) is 0 Å². The summed E-state index contributed by atoms with van der Waals surface area (Å²) in [5.41, 5.74) is 0.606. The predicted octanol–water partition coefficient (Wildman–Crippen LogP) is 3.30. The Morgan fingerprint density at radius 2 is 1.88 bits per heavy atom. The smallest absolute Gasteiger partial charge is 0.294 e. The lowest BCUT2D eigenvalue weighted by molar-refractivity contribution is 0.0988. The Hall–Kier alpha value is -3.94. The summed E-state index contributed by atoms with van der Waals surface area (Å²) in [4.78, 5) is 20.2. The van der Waals surface area contributed by atoms with Crippen LogP contribution in [0.4, 0.5) is 5.69 Å². The van der Waals surface area contributed by atoms with Gasteiger partial charge in [0.2, 0.25) is 11.6 Å². The minimum absolute atomic E-state index is 0.142. The molecule has 4 rings (SSSR count). The van der Waals surface area contributed by atoms with Crippen molar-refractivity contribution in [3.05, 3.63) is 79.2 Å². The van der Waals surface area contributed by atoms with Gasteiger partial charge in [0.1, 0.15) is 17.9 Å². The number of carbonyl (C=O) groups is 1. The zero-order chi connectivity index (χ0) is 17.8. The molecule has 8 heteroatoms. The van der Waals surface area contributed by atoms with Crippen LogP contribution >= 0.6 is 0 Å². The number of ether oxygens (including phenoxy) is 1. The average Bonchev–Trinajstić information content (AvgIpc) is 3.38. The number of nitrogens with one attached hydrogen (secondary N) is 1. The van der Waals surface area contributed by atoms with E-state index in [0.29, 0.717) is 23.1 Å². The molecule has 0 saturated carbocycles. The highest BCUT2D eigenvalue weighted by atomic mass is 16.5. The molecule has 1 N–H and O–H groups in total. The van der Waals surface area contributed by atoms with Gasteiger partial charge in [-0.1, -0.05) is 5.16 Å². The highest BCUT2D eigenvalue weighted by Crippen LogP contribution is 2.22.